The maximum absolute atomic E-state index is 4.56. The summed E-state index contributed by atoms with van der Waals surface area (Å²) in [5, 5.41) is 0. The van der Waals surface area contributed by atoms with Crippen LogP contribution in [0.25, 0.3) is 0 Å². The minimum atomic E-state index is 0.674. The molecule has 0 rings (SSSR count). The van der Waals surface area contributed by atoms with Crippen molar-refractivity contribution in [3.63, 3.8) is 0 Å². The van der Waals surface area contributed by atoms with Crippen LogP contribution in [0.4, 0.5) is 0 Å². The summed E-state index contributed by atoms with van der Waals surface area (Å²) in [4.78, 5) is 4.56. The molecule has 0 amide bonds. The highest BCUT2D eigenvalue weighted by Crippen LogP contribution is 2.25. The van der Waals surface area contributed by atoms with Crippen LogP contribution in [0.2, 0.25) is 0 Å². The molecular formula is C18H31N. The van der Waals surface area contributed by atoms with Gasteiger partial charge in [0.05, 0.1) is 0 Å². The second-order valence-electron chi connectivity index (χ2n) is 5.96. The van der Waals surface area contributed by atoms with E-state index in [4.69, 9.17) is 0 Å². The minimum absolute atomic E-state index is 0.674. The Labute approximate surface area is 120 Å². The fourth-order valence-corrected chi connectivity index (χ4v) is 2.45. The van der Waals surface area contributed by atoms with Crippen molar-refractivity contribution in [2.24, 2.45) is 10.9 Å². The molecule has 0 saturated carbocycles. The van der Waals surface area contributed by atoms with Gasteiger partial charge < -0.3 is 0 Å². The Balaban J connectivity index is 5.26. The molecule has 0 saturated heterocycles. The Hall–Kier alpha value is -1.11. The predicted octanol–water partition coefficient (Wildman–Crippen LogP) is 6.09. The second-order valence-corrected chi connectivity index (χ2v) is 5.96. The van der Waals surface area contributed by atoms with Crippen LogP contribution in [-0.2, 0) is 0 Å². The molecule has 108 valence electrons. The third-order valence-corrected chi connectivity index (χ3v) is 3.05. The normalized spacial score (nSPS) is 14.7. The number of hydrogen-bond donors (Lipinski definition) is 0. The van der Waals surface area contributed by atoms with Gasteiger partial charge in [-0.15, -0.1) is 0 Å². The molecule has 0 aliphatic rings. The van der Waals surface area contributed by atoms with Crippen molar-refractivity contribution in [2.45, 2.75) is 67.7 Å². The molecule has 0 N–H and O–H groups in total. The third kappa shape index (κ3) is 7.15. The number of aliphatic imine (C=N–C) groups is 1. The van der Waals surface area contributed by atoms with Crippen LogP contribution in [0, 0.1) is 5.92 Å². The Kier molecular flexibility index (Phi) is 8.38. The quantitative estimate of drug-likeness (QED) is 0.388. The topological polar surface area (TPSA) is 12.4 Å². The first-order chi connectivity index (χ1) is 8.79. The first-order valence-electron chi connectivity index (χ1n) is 7.35. The summed E-state index contributed by atoms with van der Waals surface area (Å²) >= 11 is 0. The molecule has 0 aromatic carbocycles. The fourth-order valence-electron chi connectivity index (χ4n) is 2.45. The Morgan fingerprint density at radius 1 is 1.16 bits per heavy atom. The summed E-state index contributed by atoms with van der Waals surface area (Å²) in [6.45, 7) is 19.3. The molecular weight excluding hydrogens is 230 g/mol. The number of allylic oxidation sites excluding steroid dienone is 4. The number of rotatable bonds is 7. The van der Waals surface area contributed by atoms with E-state index in [2.05, 4.69) is 60.0 Å². The van der Waals surface area contributed by atoms with Crippen molar-refractivity contribution in [1.29, 1.82) is 0 Å². The summed E-state index contributed by atoms with van der Waals surface area (Å²) in [6, 6.07) is 0. The highest BCUT2D eigenvalue weighted by atomic mass is 14.7. The van der Waals surface area contributed by atoms with Crippen LogP contribution >= 0.6 is 0 Å². The summed E-state index contributed by atoms with van der Waals surface area (Å²) in [5.74, 6) is 0.674. The van der Waals surface area contributed by atoms with E-state index in [1.165, 1.54) is 22.4 Å². The van der Waals surface area contributed by atoms with Gasteiger partial charge in [-0.25, -0.2) is 0 Å². The first-order valence-corrected chi connectivity index (χ1v) is 7.35. The van der Waals surface area contributed by atoms with Gasteiger partial charge in [0.2, 0.25) is 0 Å². The summed E-state index contributed by atoms with van der Waals surface area (Å²) < 4.78 is 0. The molecule has 1 heteroatoms. The van der Waals surface area contributed by atoms with Crippen molar-refractivity contribution in [2.75, 3.05) is 0 Å². The molecule has 0 bridgehead atoms. The number of nitrogens with zero attached hydrogens (tertiary/aromatic N) is 1. The van der Waals surface area contributed by atoms with Crippen molar-refractivity contribution >= 4 is 5.71 Å². The van der Waals surface area contributed by atoms with Crippen LogP contribution in [0.1, 0.15) is 67.7 Å². The van der Waals surface area contributed by atoms with Crippen LogP contribution in [-0.4, -0.2) is 5.71 Å². The Morgan fingerprint density at radius 3 is 2.16 bits per heavy atom. The van der Waals surface area contributed by atoms with Gasteiger partial charge in [-0.05, 0) is 57.6 Å². The summed E-state index contributed by atoms with van der Waals surface area (Å²) in [5.41, 5.74) is 6.27. The average Bonchev–Trinajstić information content (AvgIpc) is 2.25. The molecule has 0 aliphatic heterocycles. The standard InChI is InChI=1S/C18H31N/c1-9-10-17(8)19-12-16(7)18(14(4)5)15(6)11-13(2)3/h12-13H,4,9-11H2,1-3,5-8H3/b16-12+,18-15+,19-17?. The molecule has 0 spiro atoms. The fraction of sp³-hybridized carbons (Fsp3) is 0.611. The van der Waals surface area contributed by atoms with Gasteiger partial charge in [0.15, 0.2) is 0 Å². The molecule has 1 nitrogen and oxygen atoms in total. The van der Waals surface area contributed by atoms with Crippen LogP contribution in [0.3, 0.4) is 0 Å². The predicted molar refractivity (Wildman–Crippen MR) is 88.7 cm³/mol. The maximum Gasteiger partial charge on any atom is 0.0302 e. The molecule has 0 aromatic heterocycles. The third-order valence-electron chi connectivity index (χ3n) is 3.05. The first kappa shape index (κ1) is 17.9. The lowest BCUT2D eigenvalue weighted by molar-refractivity contribution is 0.639. The summed E-state index contributed by atoms with van der Waals surface area (Å²) in [6.07, 6.45) is 5.34. The zero-order valence-corrected chi connectivity index (χ0v) is 13.9. The van der Waals surface area contributed by atoms with Crippen LogP contribution in [0.5, 0.6) is 0 Å². The maximum atomic E-state index is 4.56. The van der Waals surface area contributed by atoms with Crippen molar-refractivity contribution < 1.29 is 0 Å². The zero-order chi connectivity index (χ0) is 15.0. The SMILES string of the molecule is C=C(C)C(/C(C)=C/N=C(C)CCC)=C(/C)CC(C)C. The summed E-state index contributed by atoms with van der Waals surface area (Å²) in [7, 11) is 0. The highest BCUT2D eigenvalue weighted by Gasteiger charge is 2.07. The smallest absolute Gasteiger partial charge is 0.0302 e. The van der Waals surface area contributed by atoms with E-state index in [0.29, 0.717) is 5.92 Å². The lowest BCUT2D eigenvalue weighted by atomic mass is 9.92. The molecule has 0 aromatic rings. The molecule has 0 fully saturated rings. The monoisotopic (exact) mass is 261 g/mol. The zero-order valence-electron chi connectivity index (χ0n) is 13.9. The second kappa shape index (κ2) is 8.90. The van der Waals surface area contributed by atoms with E-state index in [1.54, 1.807) is 0 Å². The van der Waals surface area contributed by atoms with E-state index < -0.39 is 0 Å². The van der Waals surface area contributed by atoms with Crippen molar-refractivity contribution in [3.8, 4) is 0 Å². The minimum Gasteiger partial charge on any atom is -0.266 e. The van der Waals surface area contributed by atoms with Gasteiger partial charge in [0, 0.05) is 11.9 Å². The van der Waals surface area contributed by atoms with E-state index in [-0.39, 0.29) is 0 Å². The van der Waals surface area contributed by atoms with Crippen molar-refractivity contribution in [1.82, 2.24) is 0 Å². The van der Waals surface area contributed by atoms with Gasteiger partial charge in [-0.2, -0.15) is 0 Å². The van der Waals surface area contributed by atoms with Gasteiger partial charge >= 0.3 is 0 Å². The lowest BCUT2D eigenvalue weighted by Crippen LogP contribution is -1.97. The largest absolute Gasteiger partial charge is 0.266 e. The van der Waals surface area contributed by atoms with E-state index >= 15 is 0 Å². The van der Waals surface area contributed by atoms with Crippen molar-refractivity contribution in [3.05, 3.63) is 35.1 Å². The van der Waals surface area contributed by atoms with Gasteiger partial charge in [-0.1, -0.05) is 44.9 Å². The van der Waals surface area contributed by atoms with E-state index in [0.717, 1.165) is 24.8 Å². The van der Waals surface area contributed by atoms with Crippen LogP contribution in [0.15, 0.2) is 40.1 Å². The Morgan fingerprint density at radius 2 is 1.74 bits per heavy atom. The molecule has 0 radical (unpaired) electrons. The van der Waals surface area contributed by atoms with Crippen LogP contribution < -0.4 is 0 Å². The molecule has 0 unspecified atom stereocenters. The number of hydrogen-bond acceptors (Lipinski definition) is 1. The molecule has 0 atom stereocenters. The van der Waals surface area contributed by atoms with Gasteiger partial charge in [0.1, 0.15) is 0 Å². The van der Waals surface area contributed by atoms with Gasteiger partial charge in [-0.3, -0.25) is 4.99 Å². The molecule has 19 heavy (non-hydrogen) atoms. The highest BCUT2D eigenvalue weighted by molar-refractivity contribution is 5.82. The lowest BCUT2D eigenvalue weighted by Gasteiger charge is -2.14. The molecule has 0 heterocycles. The van der Waals surface area contributed by atoms with E-state index in [9.17, 15) is 0 Å². The Bertz CT molecular complexity index is 392. The van der Waals surface area contributed by atoms with E-state index in [1.807, 2.05) is 6.20 Å². The van der Waals surface area contributed by atoms with Gasteiger partial charge in [0.25, 0.3) is 0 Å². The molecule has 0 aliphatic carbocycles. The average molecular weight is 261 g/mol.